The second-order valence-corrected chi connectivity index (χ2v) is 1.80. The highest BCUT2D eigenvalue weighted by Crippen LogP contribution is 1.95. The summed E-state index contributed by atoms with van der Waals surface area (Å²) in [5, 5.41) is 0. The highest BCUT2D eigenvalue weighted by molar-refractivity contribution is 4.89. The van der Waals surface area contributed by atoms with E-state index in [4.69, 9.17) is 5.73 Å². The van der Waals surface area contributed by atoms with Crippen LogP contribution in [0.1, 0.15) is 13.1 Å². The van der Waals surface area contributed by atoms with Crippen molar-refractivity contribution in [2.45, 2.75) is 13.1 Å². The van der Waals surface area contributed by atoms with Crippen molar-refractivity contribution in [2.75, 3.05) is 0 Å². The van der Waals surface area contributed by atoms with Crippen LogP contribution >= 0.6 is 0 Å². The quantitative estimate of drug-likeness (QED) is 0.567. The summed E-state index contributed by atoms with van der Waals surface area (Å²) < 4.78 is 1.89. The molecule has 2 nitrogen and oxygen atoms in total. The molecule has 0 aliphatic rings. The van der Waals surface area contributed by atoms with Gasteiger partial charge in [-0.1, -0.05) is 0 Å². The number of hydrogen-bond donors (Lipinski definition) is 1. The summed E-state index contributed by atoms with van der Waals surface area (Å²) >= 11 is 0. The van der Waals surface area contributed by atoms with Gasteiger partial charge in [0.2, 0.25) is 0 Å². The molecule has 0 fully saturated rings. The van der Waals surface area contributed by atoms with Gasteiger partial charge in [0, 0.05) is 18.5 Å². The summed E-state index contributed by atoms with van der Waals surface area (Å²) in [5.74, 6) is 0. The van der Waals surface area contributed by atoms with E-state index in [-0.39, 0.29) is 6.17 Å². The summed E-state index contributed by atoms with van der Waals surface area (Å²) in [5.41, 5.74) is 5.50. The lowest BCUT2D eigenvalue weighted by molar-refractivity contribution is 0.575. The third-order valence-corrected chi connectivity index (χ3v) is 1.04. The smallest absolute Gasteiger partial charge is 0.0780 e. The third kappa shape index (κ3) is 0.898. The summed E-state index contributed by atoms with van der Waals surface area (Å²) in [6, 6.07) is 4.73. The normalized spacial score (nSPS) is 13.8. The van der Waals surface area contributed by atoms with Gasteiger partial charge in [-0.25, -0.2) is 0 Å². The van der Waals surface area contributed by atoms with Gasteiger partial charge < -0.3 is 10.3 Å². The number of aromatic nitrogens is 1. The maximum absolute atomic E-state index is 5.50. The average molecular weight is 109 g/mol. The molecule has 1 unspecified atom stereocenters. The molecule has 0 bridgehead atoms. The van der Waals surface area contributed by atoms with Crippen molar-refractivity contribution in [1.29, 1.82) is 0 Å². The van der Waals surface area contributed by atoms with Crippen LogP contribution in [-0.4, -0.2) is 4.57 Å². The highest BCUT2D eigenvalue weighted by Gasteiger charge is 1.90. The molecule has 0 saturated carbocycles. The molecule has 0 saturated heterocycles. The van der Waals surface area contributed by atoms with Crippen molar-refractivity contribution >= 4 is 0 Å². The Kier molecular flexibility index (Phi) is 1.35. The summed E-state index contributed by atoms with van der Waals surface area (Å²) in [6.07, 6.45) is 3.79. The topological polar surface area (TPSA) is 30.9 Å². The van der Waals surface area contributed by atoms with Gasteiger partial charge in [0.25, 0.3) is 0 Å². The number of hydrogen-bond acceptors (Lipinski definition) is 1. The second-order valence-electron chi connectivity index (χ2n) is 1.80. The van der Waals surface area contributed by atoms with Crippen molar-refractivity contribution in [1.82, 2.24) is 4.57 Å². The van der Waals surface area contributed by atoms with Gasteiger partial charge in [0.05, 0.1) is 6.17 Å². The lowest BCUT2D eigenvalue weighted by atomic mass is 10.6. The van der Waals surface area contributed by atoms with E-state index in [1.165, 1.54) is 0 Å². The zero-order chi connectivity index (χ0) is 5.98. The minimum absolute atomic E-state index is 0.0706. The Morgan fingerprint density at radius 3 is 2.75 bits per heavy atom. The average Bonchev–Trinajstić information content (AvgIpc) is 2.12. The highest BCUT2D eigenvalue weighted by atomic mass is 15.1. The molecule has 2 heteroatoms. The molecule has 1 aromatic heterocycles. The second kappa shape index (κ2) is 2.01. The van der Waals surface area contributed by atoms with Crippen molar-refractivity contribution in [3.63, 3.8) is 0 Å². The van der Waals surface area contributed by atoms with E-state index in [2.05, 4.69) is 6.07 Å². The lowest BCUT2D eigenvalue weighted by Crippen LogP contribution is -2.11. The molecule has 2 N–H and O–H groups in total. The molecule has 1 heterocycles. The fourth-order valence-electron chi connectivity index (χ4n) is 0.555. The Bertz CT molecular complexity index is 142. The fourth-order valence-corrected chi connectivity index (χ4v) is 0.555. The van der Waals surface area contributed by atoms with E-state index in [0.717, 1.165) is 0 Å². The van der Waals surface area contributed by atoms with Gasteiger partial charge in [-0.15, -0.1) is 0 Å². The predicted octanol–water partition coefficient (Wildman–Crippen LogP) is 0.765. The molecule has 1 aromatic rings. The molecule has 0 aromatic carbocycles. The van der Waals surface area contributed by atoms with Crippen LogP contribution in [-0.2, 0) is 0 Å². The van der Waals surface area contributed by atoms with E-state index in [0.29, 0.717) is 0 Å². The Labute approximate surface area is 48.9 Å². The van der Waals surface area contributed by atoms with Gasteiger partial charge >= 0.3 is 0 Å². The van der Waals surface area contributed by atoms with Gasteiger partial charge in [0.15, 0.2) is 0 Å². The molecule has 43 valence electrons. The van der Waals surface area contributed by atoms with Crippen molar-refractivity contribution in [3.8, 4) is 0 Å². The first kappa shape index (κ1) is 5.38. The van der Waals surface area contributed by atoms with Gasteiger partial charge in [-0.3, -0.25) is 0 Å². The number of nitrogens with two attached hydrogens (primary N) is 1. The largest absolute Gasteiger partial charge is 0.338 e. The molecule has 0 aliphatic heterocycles. The van der Waals surface area contributed by atoms with Crippen molar-refractivity contribution < 1.29 is 0 Å². The van der Waals surface area contributed by atoms with Crippen LogP contribution < -0.4 is 5.73 Å². The number of rotatable bonds is 1. The van der Waals surface area contributed by atoms with Crippen LogP contribution in [0.2, 0.25) is 0 Å². The van der Waals surface area contributed by atoms with Crippen molar-refractivity contribution in [3.05, 3.63) is 24.5 Å². The van der Waals surface area contributed by atoms with Gasteiger partial charge in [-0.2, -0.15) is 0 Å². The Morgan fingerprint density at radius 1 is 1.75 bits per heavy atom. The molecule has 1 rings (SSSR count). The minimum atomic E-state index is 0.0706. The first-order valence-corrected chi connectivity index (χ1v) is 2.60. The van der Waals surface area contributed by atoms with E-state index in [1.54, 1.807) is 0 Å². The predicted molar refractivity (Wildman–Crippen MR) is 32.2 cm³/mol. The Hall–Kier alpha value is -0.760. The molecule has 0 spiro atoms. The molecule has 0 amide bonds. The van der Waals surface area contributed by atoms with Crippen LogP contribution in [0.3, 0.4) is 0 Å². The van der Waals surface area contributed by atoms with Crippen LogP contribution in [0.15, 0.2) is 18.5 Å². The summed E-state index contributed by atoms with van der Waals surface area (Å²) in [4.78, 5) is 0. The molecule has 1 radical (unpaired) electrons. The molecule has 8 heavy (non-hydrogen) atoms. The zero-order valence-electron chi connectivity index (χ0n) is 4.83. The maximum Gasteiger partial charge on any atom is 0.0780 e. The Morgan fingerprint density at radius 2 is 2.50 bits per heavy atom. The van der Waals surface area contributed by atoms with Crippen molar-refractivity contribution in [2.24, 2.45) is 5.73 Å². The first-order valence-electron chi connectivity index (χ1n) is 2.60. The Balaban J connectivity index is 2.77. The SMILES string of the molecule is CC(N)n1c[c]cc1. The molecular formula is C6H9N2. The van der Waals surface area contributed by atoms with Crippen LogP contribution in [0.25, 0.3) is 0 Å². The van der Waals surface area contributed by atoms with E-state index in [9.17, 15) is 0 Å². The van der Waals surface area contributed by atoms with Gasteiger partial charge in [-0.05, 0) is 13.0 Å². The molecule has 1 atom stereocenters. The van der Waals surface area contributed by atoms with E-state index < -0.39 is 0 Å². The van der Waals surface area contributed by atoms with Crippen LogP contribution in [0.5, 0.6) is 0 Å². The minimum Gasteiger partial charge on any atom is -0.338 e. The monoisotopic (exact) mass is 109 g/mol. The van der Waals surface area contributed by atoms with E-state index >= 15 is 0 Å². The molecular weight excluding hydrogens is 100 g/mol. The summed E-state index contributed by atoms with van der Waals surface area (Å²) in [6.45, 7) is 1.92. The lowest BCUT2D eigenvalue weighted by Gasteiger charge is -2.04. The number of nitrogens with zero attached hydrogens (tertiary/aromatic N) is 1. The van der Waals surface area contributed by atoms with Crippen LogP contribution in [0.4, 0.5) is 0 Å². The van der Waals surface area contributed by atoms with Gasteiger partial charge in [0.1, 0.15) is 0 Å². The first-order chi connectivity index (χ1) is 3.80. The molecule has 0 aliphatic carbocycles. The van der Waals surface area contributed by atoms with E-state index in [1.807, 2.05) is 30.0 Å². The summed E-state index contributed by atoms with van der Waals surface area (Å²) in [7, 11) is 0. The zero-order valence-corrected chi connectivity index (χ0v) is 4.83. The maximum atomic E-state index is 5.50. The van der Waals surface area contributed by atoms with Crippen LogP contribution in [0, 0.1) is 6.07 Å². The fraction of sp³-hybridized carbons (Fsp3) is 0.333. The third-order valence-electron chi connectivity index (χ3n) is 1.04. The standard InChI is InChI=1S/C6H9N2/c1-6(7)8-4-2-3-5-8/h2,4-6H,7H2,1H3.